The summed E-state index contributed by atoms with van der Waals surface area (Å²) in [6.07, 6.45) is 1.07. The van der Waals surface area contributed by atoms with Gasteiger partial charge in [0.2, 0.25) is 0 Å². The van der Waals surface area contributed by atoms with Crippen LogP contribution in [0.3, 0.4) is 0 Å². The molecule has 122 valence electrons. The van der Waals surface area contributed by atoms with E-state index < -0.39 is 17.1 Å². The molecule has 0 spiro atoms. The summed E-state index contributed by atoms with van der Waals surface area (Å²) in [5.41, 5.74) is 0.195. The van der Waals surface area contributed by atoms with E-state index >= 15 is 0 Å². The fourth-order valence-corrected chi connectivity index (χ4v) is 2.28. The van der Waals surface area contributed by atoms with E-state index in [4.69, 9.17) is 0 Å². The van der Waals surface area contributed by atoms with Gasteiger partial charge in [-0.25, -0.2) is 0 Å². The maximum absolute atomic E-state index is 12.1. The molecule has 1 amide bonds. The first-order chi connectivity index (χ1) is 11.0. The minimum atomic E-state index is -0.938. The molecule has 0 aliphatic heterocycles. The Balaban J connectivity index is 2.15. The average Bonchev–Trinajstić information content (AvgIpc) is 2.60. The van der Waals surface area contributed by atoms with Crippen LogP contribution < -0.4 is 10.9 Å². The summed E-state index contributed by atoms with van der Waals surface area (Å²) in [5.74, 6) is -0.480. The third-order valence-electron chi connectivity index (χ3n) is 4.13. The Morgan fingerprint density at radius 1 is 1.13 bits per heavy atom. The predicted octanol–water partition coefficient (Wildman–Crippen LogP) is 2.32. The number of hydrogen-bond acceptors (Lipinski definition) is 3. The number of hydrogen-bond donors (Lipinski definition) is 3. The lowest BCUT2D eigenvalue weighted by atomic mass is 9.97. The highest BCUT2D eigenvalue weighted by Crippen LogP contribution is 2.15. The molecule has 1 aromatic heterocycles. The van der Waals surface area contributed by atoms with Crippen molar-refractivity contribution in [1.82, 2.24) is 10.3 Å². The van der Waals surface area contributed by atoms with E-state index in [0.717, 1.165) is 5.56 Å². The quantitative estimate of drug-likeness (QED) is 0.765. The number of rotatable bonds is 6. The second-order valence-electron chi connectivity index (χ2n) is 5.59. The Bertz CT molecular complexity index is 719. The van der Waals surface area contributed by atoms with E-state index in [2.05, 4.69) is 10.3 Å². The number of aromatic nitrogens is 1. The van der Waals surface area contributed by atoms with Crippen molar-refractivity contribution in [3.8, 4) is 11.3 Å². The highest BCUT2D eigenvalue weighted by Gasteiger charge is 2.23. The van der Waals surface area contributed by atoms with Gasteiger partial charge in [-0.3, -0.25) is 9.59 Å². The molecular formula is C18H22N2O3. The number of H-pyrrole nitrogens is 1. The highest BCUT2D eigenvalue weighted by molar-refractivity contribution is 5.94. The van der Waals surface area contributed by atoms with E-state index in [1.165, 1.54) is 6.07 Å². The Labute approximate surface area is 135 Å². The van der Waals surface area contributed by atoms with Gasteiger partial charge in [-0.15, -0.1) is 0 Å². The number of benzene rings is 1. The van der Waals surface area contributed by atoms with Crippen molar-refractivity contribution in [2.24, 2.45) is 0 Å². The van der Waals surface area contributed by atoms with Crippen LogP contribution in [0.25, 0.3) is 11.3 Å². The topological polar surface area (TPSA) is 82.2 Å². The molecule has 0 bridgehead atoms. The zero-order chi connectivity index (χ0) is 16.9. The van der Waals surface area contributed by atoms with Crippen molar-refractivity contribution < 1.29 is 9.90 Å². The van der Waals surface area contributed by atoms with Gasteiger partial charge in [0.1, 0.15) is 5.56 Å². The Morgan fingerprint density at radius 3 is 2.35 bits per heavy atom. The standard InChI is InChI=1S/C18H22N2O3/c1-3-18(23,4-2)12-19-16(21)14-10-11-15(20-17(14)22)13-8-6-5-7-9-13/h5-11,23H,3-4,12H2,1-2H3,(H,19,21)(H,20,22). The molecule has 1 heterocycles. The first-order valence-corrected chi connectivity index (χ1v) is 7.78. The minimum absolute atomic E-state index is 0.0410. The van der Waals surface area contributed by atoms with E-state index in [-0.39, 0.29) is 12.1 Å². The highest BCUT2D eigenvalue weighted by atomic mass is 16.3. The molecule has 0 unspecified atom stereocenters. The maximum atomic E-state index is 12.1. The van der Waals surface area contributed by atoms with Crippen LogP contribution in [0.1, 0.15) is 37.0 Å². The summed E-state index contributed by atoms with van der Waals surface area (Å²) in [4.78, 5) is 27.0. The van der Waals surface area contributed by atoms with E-state index in [1.807, 2.05) is 44.2 Å². The van der Waals surface area contributed by atoms with E-state index in [0.29, 0.717) is 18.5 Å². The van der Waals surface area contributed by atoms with Crippen LogP contribution in [0.2, 0.25) is 0 Å². The van der Waals surface area contributed by atoms with Crippen LogP contribution in [-0.4, -0.2) is 28.1 Å². The van der Waals surface area contributed by atoms with Gasteiger partial charge in [0.15, 0.2) is 0 Å². The molecule has 0 saturated carbocycles. The molecule has 0 radical (unpaired) electrons. The van der Waals surface area contributed by atoms with E-state index in [1.54, 1.807) is 6.07 Å². The zero-order valence-corrected chi connectivity index (χ0v) is 13.4. The molecule has 0 aliphatic rings. The monoisotopic (exact) mass is 314 g/mol. The lowest BCUT2D eigenvalue weighted by Gasteiger charge is -2.25. The largest absolute Gasteiger partial charge is 0.388 e. The van der Waals surface area contributed by atoms with Gasteiger partial charge < -0.3 is 15.4 Å². The number of carbonyl (C=O) groups is 1. The molecule has 0 aliphatic carbocycles. The molecule has 2 rings (SSSR count). The summed E-state index contributed by atoms with van der Waals surface area (Å²) in [5, 5.41) is 12.8. The molecule has 2 aromatic rings. The molecular weight excluding hydrogens is 292 g/mol. The van der Waals surface area contributed by atoms with Crippen molar-refractivity contribution >= 4 is 5.91 Å². The number of carbonyl (C=O) groups excluding carboxylic acids is 1. The Kier molecular flexibility index (Phi) is 5.34. The second kappa shape index (κ2) is 7.24. The Hall–Kier alpha value is -2.40. The summed E-state index contributed by atoms with van der Waals surface area (Å²) < 4.78 is 0. The van der Waals surface area contributed by atoms with Gasteiger partial charge in [0.05, 0.1) is 5.60 Å². The van der Waals surface area contributed by atoms with Gasteiger partial charge in [-0.2, -0.15) is 0 Å². The molecule has 3 N–H and O–H groups in total. The number of nitrogens with one attached hydrogen (secondary N) is 2. The van der Waals surface area contributed by atoms with Crippen molar-refractivity contribution in [2.75, 3.05) is 6.54 Å². The van der Waals surface area contributed by atoms with Crippen LogP contribution in [0.5, 0.6) is 0 Å². The summed E-state index contributed by atoms with van der Waals surface area (Å²) >= 11 is 0. The van der Waals surface area contributed by atoms with Gasteiger partial charge in [-0.1, -0.05) is 44.2 Å². The zero-order valence-electron chi connectivity index (χ0n) is 13.4. The summed E-state index contributed by atoms with van der Waals surface area (Å²) in [6.45, 7) is 3.84. The van der Waals surface area contributed by atoms with Gasteiger partial charge in [-0.05, 0) is 30.5 Å². The summed E-state index contributed by atoms with van der Waals surface area (Å²) in [6, 6.07) is 12.6. The minimum Gasteiger partial charge on any atom is -0.388 e. The molecule has 0 fully saturated rings. The van der Waals surface area contributed by atoms with Gasteiger partial charge in [0, 0.05) is 12.2 Å². The molecule has 5 nitrogen and oxygen atoms in total. The van der Waals surface area contributed by atoms with Crippen LogP contribution in [0, 0.1) is 0 Å². The van der Waals surface area contributed by atoms with Crippen LogP contribution in [0.4, 0.5) is 0 Å². The molecule has 5 heteroatoms. The lowest BCUT2D eigenvalue weighted by Crippen LogP contribution is -2.43. The molecule has 1 aromatic carbocycles. The van der Waals surface area contributed by atoms with Crippen LogP contribution in [-0.2, 0) is 0 Å². The number of amides is 1. The third kappa shape index (κ3) is 4.07. The maximum Gasteiger partial charge on any atom is 0.261 e. The fraction of sp³-hybridized carbons (Fsp3) is 0.333. The Morgan fingerprint density at radius 2 is 1.78 bits per heavy atom. The smallest absolute Gasteiger partial charge is 0.261 e. The van der Waals surface area contributed by atoms with Crippen LogP contribution >= 0.6 is 0 Å². The van der Waals surface area contributed by atoms with Crippen molar-refractivity contribution in [1.29, 1.82) is 0 Å². The second-order valence-corrected chi connectivity index (χ2v) is 5.59. The van der Waals surface area contributed by atoms with Crippen molar-refractivity contribution in [2.45, 2.75) is 32.3 Å². The first kappa shape index (κ1) is 17.0. The average molecular weight is 314 g/mol. The van der Waals surface area contributed by atoms with Crippen molar-refractivity contribution in [3.05, 3.63) is 58.4 Å². The first-order valence-electron chi connectivity index (χ1n) is 7.78. The predicted molar refractivity (Wildman–Crippen MR) is 90.4 cm³/mol. The lowest BCUT2D eigenvalue weighted by molar-refractivity contribution is 0.0313. The number of aromatic amines is 1. The van der Waals surface area contributed by atoms with Gasteiger partial charge >= 0.3 is 0 Å². The number of pyridine rings is 1. The molecule has 23 heavy (non-hydrogen) atoms. The summed E-state index contributed by atoms with van der Waals surface area (Å²) in [7, 11) is 0. The third-order valence-corrected chi connectivity index (χ3v) is 4.13. The van der Waals surface area contributed by atoms with Crippen molar-refractivity contribution in [3.63, 3.8) is 0 Å². The molecule has 0 atom stereocenters. The van der Waals surface area contributed by atoms with Gasteiger partial charge in [0.25, 0.3) is 11.5 Å². The number of aliphatic hydroxyl groups is 1. The SMILES string of the molecule is CCC(O)(CC)CNC(=O)c1ccc(-c2ccccc2)[nH]c1=O. The van der Waals surface area contributed by atoms with E-state index in [9.17, 15) is 14.7 Å². The van der Waals surface area contributed by atoms with Crippen LogP contribution in [0.15, 0.2) is 47.3 Å². The molecule has 0 saturated heterocycles. The normalized spacial score (nSPS) is 11.3. The fourth-order valence-electron chi connectivity index (χ4n) is 2.28.